The minimum absolute atomic E-state index is 0.123. The van der Waals surface area contributed by atoms with Crippen LogP contribution >= 0.6 is 23.1 Å². The molecule has 0 bridgehead atoms. The van der Waals surface area contributed by atoms with Crippen molar-refractivity contribution in [1.82, 2.24) is 14.8 Å². The molecule has 0 atom stereocenters. The minimum Gasteiger partial charge on any atom is -0.462 e. The van der Waals surface area contributed by atoms with Crippen LogP contribution in [0.4, 0.5) is 5.00 Å². The number of aryl methyl sites for hydroxylation is 1. The van der Waals surface area contributed by atoms with Crippen molar-refractivity contribution in [1.29, 1.82) is 0 Å². The quantitative estimate of drug-likeness (QED) is 0.277. The summed E-state index contributed by atoms with van der Waals surface area (Å²) in [5, 5.41) is 12.5. The van der Waals surface area contributed by atoms with Crippen molar-refractivity contribution in [2.45, 2.75) is 44.3 Å². The first-order valence-corrected chi connectivity index (χ1v) is 12.2. The van der Waals surface area contributed by atoms with E-state index in [1.54, 1.807) is 31.4 Å². The average molecular weight is 473 g/mol. The molecule has 0 aromatic carbocycles. The van der Waals surface area contributed by atoms with Crippen molar-refractivity contribution in [2.24, 2.45) is 0 Å². The molecule has 1 aliphatic rings. The smallest absolute Gasteiger partial charge is 0.341 e. The molecule has 0 spiro atoms. The number of furan rings is 1. The summed E-state index contributed by atoms with van der Waals surface area (Å²) < 4.78 is 12.5. The molecule has 0 aliphatic heterocycles. The lowest BCUT2D eigenvalue weighted by atomic mass is 9.95. The summed E-state index contributed by atoms with van der Waals surface area (Å²) in [5.41, 5.74) is 1.54. The summed E-state index contributed by atoms with van der Waals surface area (Å²) in [6.07, 6.45) is 7.21. The number of nitrogens with zero attached hydrogens (tertiary/aromatic N) is 3. The Labute approximate surface area is 194 Å². The van der Waals surface area contributed by atoms with E-state index in [1.165, 1.54) is 23.1 Å². The molecule has 4 rings (SSSR count). The van der Waals surface area contributed by atoms with Crippen molar-refractivity contribution in [3.8, 4) is 11.6 Å². The molecule has 0 unspecified atom stereocenters. The standard InChI is InChI=1S/C22H24N4O4S2/c1-3-11-26-19(15-9-7-12-30-15)24-25-22(26)31-13-17(27)23-20-18(21(28)29-4-2)14-8-5-6-10-16(14)32-20/h3,7,9,12H,1,4-6,8,10-11,13H2,2H3,(H,23,27). The van der Waals surface area contributed by atoms with Crippen LogP contribution in [0.15, 0.2) is 40.6 Å². The lowest BCUT2D eigenvalue weighted by Gasteiger charge is -2.12. The Balaban J connectivity index is 1.49. The van der Waals surface area contributed by atoms with E-state index in [0.717, 1.165) is 36.1 Å². The number of amides is 1. The average Bonchev–Trinajstić information content (AvgIpc) is 3.51. The van der Waals surface area contributed by atoms with Gasteiger partial charge in [-0.2, -0.15) is 0 Å². The SMILES string of the molecule is C=CCn1c(SCC(=O)Nc2sc3c(c2C(=O)OCC)CCCC3)nnc1-c1ccco1. The third kappa shape index (κ3) is 4.66. The minimum atomic E-state index is -0.372. The van der Waals surface area contributed by atoms with Gasteiger partial charge in [-0.05, 0) is 50.3 Å². The molecule has 3 aromatic rings. The molecule has 1 N–H and O–H groups in total. The predicted molar refractivity (Wildman–Crippen MR) is 124 cm³/mol. The van der Waals surface area contributed by atoms with E-state index in [-0.39, 0.29) is 17.6 Å². The molecule has 0 radical (unpaired) electrons. The van der Waals surface area contributed by atoms with Crippen molar-refractivity contribution in [3.63, 3.8) is 0 Å². The van der Waals surface area contributed by atoms with Crippen LogP contribution in [0.3, 0.4) is 0 Å². The number of allylic oxidation sites excluding steroid dienone is 1. The number of hydrogen-bond acceptors (Lipinski definition) is 8. The maximum absolute atomic E-state index is 12.8. The fraction of sp³-hybridized carbons (Fsp3) is 0.364. The Hall–Kier alpha value is -2.85. The third-order valence-corrected chi connectivity index (χ3v) is 7.18. The second-order valence-electron chi connectivity index (χ2n) is 7.16. The van der Waals surface area contributed by atoms with Gasteiger partial charge in [0.25, 0.3) is 0 Å². The number of aromatic nitrogens is 3. The van der Waals surface area contributed by atoms with Crippen LogP contribution in [-0.2, 0) is 28.9 Å². The zero-order chi connectivity index (χ0) is 22.5. The van der Waals surface area contributed by atoms with Gasteiger partial charge in [0.15, 0.2) is 10.9 Å². The number of thiophene rings is 1. The summed E-state index contributed by atoms with van der Waals surface area (Å²) in [6.45, 7) is 6.34. The van der Waals surface area contributed by atoms with Gasteiger partial charge in [-0.25, -0.2) is 4.79 Å². The van der Waals surface area contributed by atoms with Crippen molar-refractivity contribution in [2.75, 3.05) is 17.7 Å². The first kappa shape index (κ1) is 22.3. The van der Waals surface area contributed by atoms with E-state index in [4.69, 9.17) is 9.15 Å². The van der Waals surface area contributed by atoms with Crippen LogP contribution in [0, 0.1) is 0 Å². The van der Waals surface area contributed by atoms with Gasteiger partial charge in [0.2, 0.25) is 11.7 Å². The molecule has 10 heteroatoms. The van der Waals surface area contributed by atoms with Gasteiger partial charge in [-0.1, -0.05) is 17.8 Å². The van der Waals surface area contributed by atoms with Gasteiger partial charge in [0, 0.05) is 11.4 Å². The van der Waals surface area contributed by atoms with Crippen molar-refractivity contribution in [3.05, 3.63) is 47.1 Å². The van der Waals surface area contributed by atoms with Gasteiger partial charge in [0.05, 0.1) is 24.2 Å². The van der Waals surface area contributed by atoms with Gasteiger partial charge in [-0.3, -0.25) is 9.36 Å². The number of thioether (sulfide) groups is 1. The number of fused-ring (bicyclic) bond motifs is 1. The molecule has 0 saturated heterocycles. The van der Waals surface area contributed by atoms with Crippen LogP contribution in [0.5, 0.6) is 0 Å². The Bertz CT molecular complexity index is 1120. The molecule has 1 amide bonds. The van der Waals surface area contributed by atoms with Crippen LogP contribution in [0.25, 0.3) is 11.6 Å². The Morgan fingerprint density at radius 1 is 1.38 bits per heavy atom. The van der Waals surface area contributed by atoms with E-state index in [1.807, 2.05) is 4.57 Å². The van der Waals surface area contributed by atoms with Crippen molar-refractivity contribution >= 4 is 40.0 Å². The number of hydrogen-bond donors (Lipinski definition) is 1. The number of nitrogens with one attached hydrogen (secondary N) is 1. The van der Waals surface area contributed by atoms with Gasteiger partial charge in [0.1, 0.15) is 5.00 Å². The molecule has 8 nitrogen and oxygen atoms in total. The third-order valence-electron chi connectivity index (χ3n) is 5.01. The van der Waals surface area contributed by atoms with Crippen LogP contribution < -0.4 is 5.32 Å². The molecule has 0 saturated carbocycles. The van der Waals surface area contributed by atoms with E-state index < -0.39 is 0 Å². The first-order valence-electron chi connectivity index (χ1n) is 10.4. The van der Waals surface area contributed by atoms with Gasteiger partial charge < -0.3 is 14.5 Å². The number of rotatable bonds is 9. The Kier molecular flexibility index (Phi) is 7.11. The molecular weight excluding hydrogens is 448 g/mol. The number of carbonyl (C=O) groups excluding carboxylic acids is 2. The number of ether oxygens (including phenoxy) is 1. The fourth-order valence-electron chi connectivity index (χ4n) is 3.64. The van der Waals surface area contributed by atoms with E-state index >= 15 is 0 Å². The lowest BCUT2D eigenvalue weighted by Crippen LogP contribution is -2.17. The van der Waals surface area contributed by atoms with Gasteiger partial charge >= 0.3 is 5.97 Å². The normalized spacial score (nSPS) is 12.9. The molecule has 0 fully saturated rings. The summed E-state index contributed by atoms with van der Waals surface area (Å²) in [7, 11) is 0. The summed E-state index contributed by atoms with van der Waals surface area (Å²) in [6, 6.07) is 3.59. The second kappa shape index (κ2) is 10.2. The van der Waals surface area contributed by atoms with E-state index in [2.05, 4.69) is 22.1 Å². The Morgan fingerprint density at radius 3 is 2.97 bits per heavy atom. The fourth-order valence-corrected chi connectivity index (χ4v) is 5.68. The number of carbonyl (C=O) groups is 2. The molecule has 168 valence electrons. The summed E-state index contributed by atoms with van der Waals surface area (Å²) in [4.78, 5) is 26.5. The Morgan fingerprint density at radius 2 is 2.22 bits per heavy atom. The van der Waals surface area contributed by atoms with Crippen LogP contribution in [0.1, 0.15) is 40.6 Å². The maximum Gasteiger partial charge on any atom is 0.341 e. The monoisotopic (exact) mass is 472 g/mol. The zero-order valence-electron chi connectivity index (χ0n) is 17.8. The molecule has 3 heterocycles. The number of esters is 1. The van der Waals surface area contributed by atoms with Crippen LogP contribution in [0.2, 0.25) is 0 Å². The van der Waals surface area contributed by atoms with Crippen LogP contribution in [-0.4, -0.2) is 39.0 Å². The van der Waals surface area contributed by atoms with E-state index in [0.29, 0.717) is 40.5 Å². The summed E-state index contributed by atoms with van der Waals surface area (Å²) >= 11 is 2.75. The second-order valence-corrected chi connectivity index (χ2v) is 9.20. The topological polar surface area (TPSA) is 99.2 Å². The molecule has 1 aliphatic carbocycles. The highest BCUT2D eigenvalue weighted by Crippen LogP contribution is 2.38. The highest BCUT2D eigenvalue weighted by Gasteiger charge is 2.27. The first-order chi connectivity index (χ1) is 15.6. The molecule has 3 aromatic heterocycles. The van der Waals surface area contributed by atoms with E-state index in [9.17, 15) is 9.59 Å². The zero-order valence-corrected chi connectivity index (χ0v) is 19.4. The van der Waals surface area contributed by atoms with Crippen molar-refractivity contribution < 1.29 is 18.7 Å². The molecule has 32 heavy (non-hydrogen) atoms. The predicted octanol–water partition coefficient (Wildman–Crippen LogP) is 4.57. The number of anilines is 1. The highest BCUT2D eigenvalue weighted by molar-refractivity contribution is 7.99. The largest absolute Gasteiger partial charge is 0.462 e. The van der Waals surface area contributed by atoms with Gasteiger partial charge in [-0.15, -0.1) is 28.1 Å². The highest BCUT2D eigenvalue weighted by atomic mass is 32.2. The lowest BCUT2D eigenvalue weighted by molar-refractivity contribution is -0.113. The maximum atomic E-state index is 12.8. The molecular formula is C22H24N4O4S2. The summed E-state index contributed by atoms with van der Waals surface area (Å²) in [5.74, 6) is 0.709.